The molecule has 0 aromatic heterocycles. The number of nitrogens with zero attached hydrogens (tertiary/aromatic N) is 2. The summed E-state index contributed by atoms with van der Waals surface area (Å²) in [6.07, 6.45) is 2.22. The van der Waals surface area contributed by atoms with Crippen LogP contribution in [0.25, 0.3) is 0 Å². The zero-order valence-corrected chi connectivity index (χ0v) is 20.0. The van der Waals surface area contributed by atoms with Crippen LogP contribution >= 0.6 is 35.7 Å². The van der Waals surface area contributed by atoms with Crippen LogP contribution in [0.5, 0.6) is 0 Å². The SMILES string of the molecule is CN(C)C(=O)CNC(=NCc1ccc(S(N)(=O)=O)cc1)NC1CCCSC1.I. The lowest BCUT2D eigenvalue weighted by Gasteiger charge is -2.25. The Bertz CT molecular complexity index is 764. The van der Waals surface area contributed by atoms with Gasteiger partial charge in [-0.25, -0.2) is 18.5 Å². The average Bonchev–Trinajstić information content (AvgIpc) is 2.64. The van der Waals surface area contributed by atoms with Crippen molar-refractivity contribution in [3.8, 4) is 0 Å². The number of nitrogens with two attached hydrogens (primary N) is 1. The fourth-order valence-electron chi connectivity index (χ4n) is 2.47. The summed E-state index contributed by atoms with van der Waals surface area (Å²) in [5.41, 5.74) is 0.848. The van der Waals surface area contributed by atoms with E-state index in [-0.39, 0.29) is 41.3 Å². The van der Waals surface area contributed by atoms with Crippen molar-refractivity contribution in [2.45, 2.75) is 30.3 Å². The minimum absolute atomic E-state index is 0. The molecule has 0 aliphatic carbocycles. The van der Waals surface area contributed by atoms with Gasteiger partial charge in [0.1, 0.15) is 0 Å². The maximum absolute atomic E-state index is 11.9. The number of halogens is 1. The molecule has 2 rings (SSSR count). The molecule has 1 heterocycles. The van der Waals surface area contributed by atoms with Crippen LogP contribution in [-0.4, -0.2) is 63.4 Å². The summed E-state index contributed by atoms with van der Waals surface area (Å²) in [5.74, 6) is 2.71. The first-order valence-corrected chi connectivity index (χ1v) is 11.4. The van der Waals surface area contributed by atoms with Crippen molar-refractivity contribution in [2.75, 3.05) is 32.1 Å². The van der Waals surface area contributed by atoms with E-state index in [9.17, 15) is 13.2 Å². The Kier molecular flexibility index (Phi) is 10.6. The zero-order chi connectivity index (χ0) is 19.9. The number of hydrogen-bond acceptors (Lipinski definition) is 5. The second-order valence-electron chi connectivity index (χ2n) is 6.55. The molecule has 1 atom stereocenters. The van der Waals surface area contributed by atoms with Crippen LogP contribution in [0.2, 0.25) is 0 Å². The van der Waals surface area contributed by atoms with E-state index in [0.717, 1.165) is 24.2 Å². The summed E-state index contributed by atoms with van der Waals surface area (Å²) in [5, 5.41) is 11.6. The third-order valence-corrected chi connectivity index (χ3v) is 6.22. The van der Waals surface area contributed by atoms with Gasteiger partial charge in [0.15, 0.2) is 5.96 Å². The first-order valence-electron chi connectivity index (χ1n) is 8.70. The van der Waals surface area contributed by atoms with Crippen molar-refractivity contribution < 1.29 is 13.2 Å². The van der Waals surface area contributed by atoms with Crippen molar-refractivity contribution in [2.24, 2.45) is 10.1 Å². The van der Waals surface area contributed by atoms with Crippen LogP contribution in [0.4, 0.5) is 0 Å². The molecule has 0 saturated carbocycles. The highest BCUT2D eigenvalue weighted by molar-refractivity contribution is 14.0. The molecule has 0 radical (unpaired) electrons. The van der Waals surface area contributed by atoms with Crippen LogP contribution < -0.4 is 15.8 Å². The summed E-state index contributed by atoms with van der Waals surface area (Å²) in [4.78, 5) is 18.0. The van der Waals surface area contributed by atoms with Crippen LogP contribution in [0.3, 0.4) is 0 Å². The van der Waals surface area contributed by atoms with E-state index in [1.807, 2.05) is 11.8 Å². The van der Waals surface area contributed by atoms with Crippen molar-refractivity contribution >= 4 is 57.6 Å². The van der Waals surface area contributed by atoms with Crippen LogP contribution in [0.15, 0.2) is 34.2 Å². The lowest BCUT2D eigenvalue weighted by molar-refractivity contribution is -0.127. The number of rotatable bonds is 6. The Hall–Kier alpha value is -1.05. The van der Waals surface area contributed by atoms with E-state index in [2.05, 4.69) is 15.6 Å². The smallest absolute Gasteiger partial charge is 0.241 e. The minimum Gasteiger partial charge on any atom is -0.353 e. The number of likely N-dealkylation sites (N-methyl/N-ethyl adjacent to an activating group) is 1. The summed E-state index contributed by atoms with van der Waals surface area (Å²) >= 11 is 1.90. The third kappa shape index (κ3) is 8.53. The van der Waals surface area contributed by atoms with Gasteiger partial charge in [0.2, 0.25) is 15.9 Å². The van der Waals surface area contributed by atoms with Crippen LogP contribution in [0, 0.1) is 0 Å². The maximum Gasteiger partial charge on any atom is 0.241 e. The van der Waals surface area contributed by atoms with Crippen molar-refractivity contribution in [3.05, 3.63) is 29.8 Å². The van der Waals surface area contributed by atoms with Gasteiger partial charge in [0.05, 0.1) is 18.0 Å². The quantitative estimate of drug-likeness (QED) is 0.281. The van der Waals surface area contributed by atoms with Crippen LogP contribution in [-0.2, 0) is 21.4 Å². The molecule has 158 valence electrons. The molecule has 1 fully saturated rings. The number of nitrogens with one attached hydrogen (secondary N) is 2. The predicted molar refractivity (Wildman–Crippen MR) is 125 cm³/mol. The van der Waals surface area contributed by atoms with Crippen molar-refractivity contribution in [1.29, 1.82) is 0 Å². The molecular formula is C17H28IN5O3S2. The zero-order valence-electron chi connectivity index (χ0n) is 16.1. The summed E-state index contributed by atoms with van der Waals surface area (Å²) in [7, 11) is -0.286. The molecule has 28 heavy (non-hydrogen) atoms. The Balaban J connectivity index is 0.00000392. The Morgan fingerprint density at radius 2 is 2.00 bits per heavy atom. The van der Waals surface area contributed by atoms with Gasteiger partial charge in [-0.15, -0.1) is 24.0 Å². The monoisotopic (exact) mass is 541 g/mol. The second-order valence-corrected chi connectivity index (χ2v) is 9.27. The molecule has 4 N–H and O–H groups in total. The number of carbonyl (C=O) groups excluding carboxylic acids is 1. The van der Waals surface area contributed by atoms with Gasteiger partial charge in [-0.2, -0.15) is 11.8 Å². The molecule has 11 heteroatoms. The van der Waals surface area contributed by atoms with Gasteiger partial charge in [0, 0.05) is 25.9 Å². The lowest BCUT2D eigenvalue weighted by Crippen LogP contribution is -2.48. The first kappa shape index (κ1) is 25.0. The van der Waals surface area contributed by atoms with Gasteiger partial charge in [-0.3, -0.25) is 4.79 Å². The predicted octanol–water partition coefficient (Wildman–Crippen LogP) is 0.971. The summed E-state index contributed by atoms with van der Waals surface area (Å²) in [6.45, 7) is 0.513. The van der Waals surface area contributed by atoms with E-state index >= 15 is 0 Å². The van der Waals surface area contributed by atoms with E-state index in [1.165, 1.54) is 22.8 Å². The second kappa shape index (κ2) is 11.8. The number of aliphatic imine (C=N–C) groups is 1. The summed E-state index contributed by atoms with van der Waals surface area (Å²) < 4.78 is 22.7. The normalized spacial score (nSPS) is 17.4. The van der Waals surface area contributed by atoms with E-state index < -0.39 is 10.0 Å². The number of amides is 1. The van der Waals surface area contributed by atoms with Gasteiger partial charge in [0.25, 0.3) is 0 Å². The fraction of sp³-hybridized carbons (Fsp3) is 0.529. The molecule has 1 aliphatic rings. The number of thioether (sulfide) groups is 1. The number of hydrogen-bond donors (Lipinski definition) is 3. The van der Waals surface area contributed by atoms with Gasteiger partial charge < -0.3 is 15.5 Å². The average molecular weight is 541 g/mol. The van der Waals surface area contributed by atoms with E-state index in [1.54, 1.807) is 26.2 Å². The molecule has 1 unspecified atom stereocenters. The van der Waals surface area contributed by atoms with E-state index in [0.29, 0.717) is 18.5 Å². The van der Waals surface area contributed by atoms with Gasteiger partial charge in [-0.1, -0.05) is 12.1 Å². The molecule has 1 saturated heterocycles. The fourth-order valence-corrected chi connectivity index (χ4v) is 4.06. The van der Waals surface area contributed by atoms with Gasteiger partial charge >= 0.3 is 0 Å². The first-order chi connectivity index (χ1) is 12.8. The lowest BCUT2D eigenvalue weighted by atomic mass is 10.2. The highest BCUT2D eigenvalue weighted by atomic mass is 127. The van der Waals surface area contributed by atoms with Crippen molar-refractivity contribution in [1.82, 2.24) is 15.5 Å². The largest absolute Gasteiger partial charge is 0.353 e. The Labute approximate surface area is 188 Å². The molecule has 8 nitrogen and oxygen atoms in total. The molecule has 0 bridgehead atoms. The molecular weight excluding hydrogens is 513 g/mol. The topological polar surface area (TPSA) is 117 Å². The number of benzene rings is 1. The maximum atomic E-state index is 11.9. The summed E-state index contributed by atoms with van der Waals surface area (Å²) in [6, 6.07) is 6.61. The van der Waals surface area contributed by atoms with Crippen molar-refractivity contribution in [3.63, 3.8) is 0 Å². The highest BCUT2D eigenvalue weighted by Crippen LogP contribution is 2.16. The molecule has 1 amide bonds. The number of guanidine groups is 1. The standard InChI is InChI=1S/C17H27N5O3S2.HI/c1-22(2)16(23)11-20-17(21-14-4-3-9-26-12-14)19-10-13-5-7-15(8-6-13)27(18,24)25;/h5-8,14H,3-4,9-12H2,1-2H3,(H2,18,24,25)(H2,19,20,21);1H. The van der Waals surface area contributed by atoms with Gasteiger partial charge in [-0.05, 0) is 36.3 Å². The number of sulfonamides is 1. The molecule has 1 aromatic rings. The third-order valence-electron chi connectivity index (χ3n) is 4.08. The Morgan fingerprint density at radius 1 is 1.32 bits per heavy atom. The molecule has 0 spiro atoms. The number of carbonyl (C=O) groups is 1. The Morgan fingerprint density at radius 3 is 2.54 bits per heavy atom. The van der Waals surface area contributed by atoms with Crippen LogP contribution in [0.1, 0.15) is 18.4 Å². The minimum atomic E-state index is -3.70. The van der Waals surface area contributed by atoms with E-state index in [4.69, 9.17) is 5.14 Å². The highest BCUT2D eigenvalue weighted by Gasteiger charge is 2.16. The number of primary sulfonamides is 1. The molecule has 1 aromatic carbocycles. The molecule has 1 aliphatic heterocycles.